The molecule has 0 heterocycles. The van der Waals surface area contributed by atoms with E-state index >= 15 is 0 Å². The van der Waals surface area contributed by atoms with Gasteiger partial charge in [-0.3, -0.25) is 0 Å². The topological polar surface area (TPSA) is 9.23 Å². The Bertz CT molecular complexity index is 132. The molecule has 0 aromatic rings. The first-order valence-corrected chi connectivity index (χ1v) is 4.14. The molecule has 0 N–H and O–H groups in total. The molecule has 62 valence electrons. The molecule has 1 aliphatic carbocycles. The minimum atomic E-state index is 0. The van der Waals surface area contributed by atoms with Crippen LogP contribution in [0.5, 0.6) is 0 Å². The Hall–Kier alpha value is 0.462. The van der Waals surface area contributed by atoms with E-state index in [9.17, 15) is 0 Å². The second-order valence-electron chi connectivity index (χ2n) is 2.99. The van der Waals surface area contributed by atoms with Crippen LogP contribution in [0.25, 0.3) is 0 Å². The first-order valence-electron chi connectivity index (χ1n) is 4.14. The molecule has 1 aliphatic rings. The summed E-state index contributed by atoms with van der Waals surface area (Å²) in [6.07, 6.45) is 5.91. The van der Waals surface area contributed by atoms with E-state index in [4.69, 9.17) is 4.74 Å². The van der Waals surface area contributed by atoms with Gasteiger partial charge in [-0.25, -0.2) is 0 Å². The molecule has 0 amide bonds. The van der Waals surface area contributed by atoms with Crippen molar-refractivity contribution in [3.05, 3.63) is 11.8 Å². The molecule has 0 spiro atoms. The van der Waals surface area contributed by atoms with Crippen molar-refractivity contribution in [1.82, 2.24) is 0 Å². The SMILES string of the molecule is CCOC1=CCCC(C)C1.[Pb]. The number of allylic oxidation sites excluding steroid dienone is 2. The van der Waals surface area contributed by atoms with Crippen LogP contribution in [0.15, 0.2) is 11.8 Å². The Kier molecular flexibility index (Phi) is 6.28. The predicted molar refractivity (Wildman–Crippen MR) is 48.5 cm³/mol. The minimum Gasteiger partial charge on any atom is -0.499 e. The first-order chi connectivity index (χ1) is 4.83. The molecule has 0 aromatic carbocycles. The van der Waals surface area contributed by atoms with Crippen LogP contribution < -0.4 is 0 Å². The van der Waals surface area contributed by atoms with E-state index in [0.717, 1.165) is 18.9 Å². The van der Waals surface area contributed by atoms with Gasteiger partial charge in [0.05, 0.1) is 12.4 Å². The Morgan fingerprint density at radius 1 is 1.64 bits per heavy atom. The van der Waals surface area contributed by atoms with Gasteiger partial charge in [0.1, 0.15) is 0 Å². The van der Waals surface area contributed by atoms with Gasteiger partial charge >= 0.3 is 0 Å². The zero-order valence-corrected chi connectivity index (χ0v) is 11.3. The van der Waals surface area contributed by atoms with Gasteiger partial charge in [-0.05, 0) is 31.8 Å². The summed E-state index contributed by atoms with van der Waals surface area (Å²) in [4.78, 5) is 0. The van der Waals surface area contributed by atoms with Crippen LogP contribution in [-0.2, 0) is 4.74 Å². The summed E-state index contributed by atoms with van der Waals surface area (Å²) in [6, 6.07) is 0. The maximum absolute atomic E-state index is 5.41. The third-order valence-electron chi connectivity index (χ3n) is 1.91. The van der Waals surface area contributed by atoms with Crippen LogP contribution in [-0.4, -0.2) is 33.9 Å². The summed E-state index contributed by atoms with van der Waals surface area (Å²) >= 11 is 0. The van der Waals surface area contributed by atoms with Gasteiger partial charge in [-0.15, -0.1) is 0 Å². The zero-order valence-electron chi connectivity index (χ0n) is 7.39. The van der Waals surface area contributed by atoms with Gasteiger partial charge in [0.25, 0.3) is 0 Å². The summed E-state index contributed by atoms with van der Waals surface area (Å²) in [6.45, 7) is 5.14. The molecule has 1 atom stereocenters. The molecule has 1 rings (SSSR count). The van der Waals surface area contributed by atoms with Gasteiger partial charge in [0.2, 0.25) is 0 Å². The summed E-state index contributed by atoms with van der Waals surface area (Å²) in [5, 5.41) is 0. The van der Waals surface area contributed by atoms with Gasteiger partial charge in [-0.1, -0.05) is 6.92 Å². The van der Waals surface area contributed by atoms with Gasteiger partial charge in [0, 0.05) is 33.7 Å². The fraction of sp³-hybridized carbons (Fsp3) is 0.778. The molecular formula is C9H16OPb. The molecule has 0 bridgehead atoms. The Balaban J connectivity index is 0.000001000. The van der Waals surface area contributed by atoms with Crippen LogP contribution in [0.4, 0.5) is 0 Å². The van der Waals surface area contributed by atoms with E-state index in [1.165, 1.54) is 18.6 Å². The molecule has 0 fully saturated rings. The van der Waals surface area contributed by atoms with Gasteiger partial charge in [0.15, 0.2) is 0 Å². The van der Waals surface area contributed by atoms with E-state index in [1.807, 2.05) is 6.92 Å². The third kappa shape index (κ3) is 4.13. The molecule has 0 saturated heterocycles. The van der Waals surface area contributed by atoms with Crippen LogP contribution in [0.2, 0.25) is 0 Å². The van der Waals surface area contributed by atoms with Crippen molar-refractivity contribution in [3.63, 3.8) is 0 Å². The quantitative estimate of drug-likeness (QED) is 0.697. The molecule has 0 saturated carbocycles. The third-order valence-corrected chi connectivity index (χ3v) is 1.91. The van der Waals surface area contributed by atoms with E-state index in [1.54, 1.807) is 0 Å². The van der Waals surface area contributed by atoms with Crippen molar-refractivity contribution in [3.8, 4) is 0 Å². The fourth-order valence-electron chi connectivity index (χ4n) is 1.36. The number of hydrogen-bond donors (Lipinski definition) is 0. The largest absolute Gasteiger partial charge is 0.499 e. The first kappa shape index (κ1) is 11.5. The summed E-state index contributed by atoms with van der Waals surface area (Å²) in [5.41, 5.74) is 0. The second-order valence-corrected chi connectivity index (χ2v) is 2.99. The summed E-state index contributed by atoms with van der Waals surface area (Å²) in [5.74, 6) is 2.04. The number of hydrogen-bond acceptors (Lipinski definition) is 1. The van der Waals surface area contributed by atoms with Gasteiger partial charge < -0.3 is 4.74 Å². The smallest absolute Gasteiger partial charge is 0.0922 e. The molecule has 4 radical (unpaired) electrons. The molecule has 1 nitrogen and oxygen atoms in total. The summed E-state index contributed by atoms with van der Waals surface area (Å²) < 4.78 is 5.41. The fourth-order valence-corrected chi connectivity index (χ4v) is 1.36. The minimum absolute atomic E-state index is 0. The van der Waals surface area contributed by atoms with E-state index in [-0.39, 0.29) is 27.3 Å². The molecule has 1 unspecified atom stereocenters. The molecule has 11 heavy (non-hydrogen) atoms. The average molecular weight is 347 g/mol. The van der Waals surface area contributed by atoms with Crippen LogP contribution >= 0.6 is 0 Å². The molecule has 2 heteroatoms. The Labute approximate surface area is 89.4 Å². The van der Waals surface area contributed by atoms with E-state index < -0.39 is 0 Å². The predicted octanol–water partition coefficient (Wildman–Crippen LogP) is 2.35. The van der Waals surface area contributed by atoms with Crippen LogP contribution in [0, 0.1) is 5.92 Å². The molecular weight excluding hydrogens is 331 g/mol. The maximum atomic E-state index is 5.41. The standard InChI is InChI=1S/C9H16O.Pb/c1-3-10-9-6-4-5-8(2)7-9;/h6,8H,3-5,7H2,1-2H3;. The van der Waals surface area contributed by atoms with E-state index in [2.05, 4.69) is 13.0 Å². The van der Waals surface area contributed by atoms with Crippen molar-refractivity contribution in [2.75, 3.05) is 6.61 Å². The average Bonchev–Trinajstić information content (AvgIpc) is 1.88. The maximum Gasteiger partial charge on any atom is 0.0922 e. The van der Waals surface area contributed by atoms with Crippen molar-refractivity contribution < 1.29 is 4.74 Å². The Morgan fingerprint density at radius 2 is 2.36 bits per heavy atom. The Morgan fingerprint density at radius 3 is 2.91 bits per heavy atom. The zero-order chi connectivity index (χ0) is 7.40. The second kappa shape index (κ2) is 6.03. The van der Waals surface area contributed by atoms with Crippen molar-refractivity contribution in [2.24, 2.45) is 5.92 Å². The van der Waals surface area contributed by atoms with Crippen molar-refractivity contribution in [1.29, 1.82) is 0 Å². The monoisotopic (exact) mass is 348 g/mol. The summed E-state index contributed by atoms with van der Waals surface area (Å²) in [7, 11) is 0. The normalized spacial score (nSPS) is 23.5. The van der Waals surface area contributed by atoms with Crippen molar-refractivity contribution >= 4 is 27.3 Å². The molecule has 0 aromatic heterocycles. The van der Waals surface area contributed by atoms with Crippen LogP contribution in [0.3, 0.4) is 0 Å². The van der Waals surface area contributed by atoms with Gasteiger partial charge in [-0.2, -0.15) is 0 Å². The molecule has 0 aliphatic heterocycles. The number of rotatable bonds is 2. The van der Waals surface area contributed by atoms with Crippen molar-refractivity contribution in [2.45, 2.75) is 33.1 Å². The van der Waals surface area contributed by atoms with E-state index in [0.29, 0.717) is 0 Å². The van der Waals surface area contributed by atoms with Crippen LogP contribution in [0.1, 0.15) is 33.1 Å². The number of ether oxygens (including phenoxy) is 1.